The first kappa shape index (κ1) is 37.3. The number of esters is 2. The zero-order valence-corrected chi connectivity index (χ0v) is 33.1. The number of carbonyl (C=O) groups excluding carboxylic acids is 2. The van der Waals surface area contributed by atoms with Gasteiger partial charge in [-0.05, 0) is 117 Å². The number of carbonyl (C=O) groups is 2. The molecule has 2 aromatic rings. The van der Waals surface area contributed by atoms with Gasteiger partial charge in [0.25, 0.3) is 0 Å². The van der Waals surface area contributed by atoms with Gasteiger partial charge in [0.15, 0.2) is 37.9 Å². The normalized spacial score (nSPS) is 38.9. The van der Waals surface area contributed by atoms with Crippen LogP contribution in [0.25, 0.3) is 0 Å². The highest BCUT2D eigenvalue weighted by molar-refractivity contribution is 5.69. The third-order valence-electron chi connectivity index (χ3n) is 16.7. The van der Waals surface area contributed by atoms with E-state index in [0.717, 1.165) is 25.7 Å². The summed E-state index contributed by atoms with van der Waals surface area (Å²) in [6.45, 7) is 21.5. The van der Waals surface area contributed by atoms with Crippen molar-refractivity contribution in [3.63, 3.8) is 0 Å². The van der Waals surface area contributed by atoms with Crippen molar-refractivity contribution in [1.82, 2.24) is 0 Å². The van der Waals surface area contributed by atoms with Crippen LogP contribution in [0.4, 0.5) is 0 Å². The van der Waals surface area contributed by atoms with Crippen LogP contribution in [-0.4, -0.2) is 24.6 Å². The first-order valence-corrected chi connectivity index (χ1v) is 20.6. The summed E-state index contributed by atoms with van der Waals surface area (Å²) in [5.74, 6) is 2.66. The monoisotopic (exact) mass is 711 g/mol. The summed E-state index contributed by atoms with van der Waals surface area (Å²) in [6.07, 6.45) is 20.5. The maximum absolute atomic E-state index is 13.2. The molecular weight excluding hydrogens is 645 g/mol. The number of pyridine rings is 2. The quantitative estimate of drug-likeness (QED) is 0.141. The molecule has 0 radical (unpaired) electrons. The van der Waals surface area contributed by atoms with Crippen LogP contribution in [0.3, 0.4) is 0 Å². The number of nitrogens with zero attached hydrogens (tertiary/aromatic N) is 2. The second kappa shape index (κ2) is 14.0. The van der Waals surface area contributed by atoms with Crippen molar-refractivity contribution < 1.29 is 28.2 Å². The molecule has 52 heavy (non-hydrogen) atoms. The Balaban J connectivity index is 1.06. The number of aryl methyl sites for hydroxylation is 2. The van der Waals surface area contributed by atoms with E-state index in [-0.39, 0.29) is 45.1 Å². The Morgan fingerprint density at radius 1 is 0.692 bits per heavy atom. The number of fused-ring (bicyclic) bond motifs is 7. The Morgan fingerprint density at radius 2 is 1.33 bits per heavy atom. The van der Waals surface area contributed by atoms with E-state index in [1.54, 1.807) is 0 Å². The predicted molar refractivity (Wildman–Crippen MR) is 202 cm³/mol. The molecule has 2 heterocycles. The molecule has 0 aromatic carbocycles. The summed E-state index contributed by atoms with van der Waals surface area (Å²) in [5, 5.41) is 0. The molecule has 0 bridgehead atoms. The average molecular weight is 711 g/mol. The Morgan fingerprint density at radius 3 is 1.96 bits per heavy atom. The van der Waals surface area contributed by atoms with Gasteiger partial charge in [-0.25, -0.2) is 9.13 Å². The summed E-state index contributed by atoms with van der Waals surface area (Å²) in [5.41, 5.74) is 2.00. The van der Waals surface area contributed by atoms with Gasteiger partial charge in [-0.1, -0.05) is 58.9 Å². The van der Waals surface area contributed by atoms with E-state index < -0.39 is 0 Å². The first-order valence-electron chi connectivity index (χ1n) is 20.6. The summed E-state index contributed by atoms with van der Waals surface area (Å²) in [7, 11) is 0. The molecule has 5 saturated carbocycles. The number of rotatable bonds is 10. The minimum Gasteiger partial charge on any atom is -0.465 e. The second-order valence-electron chi connectivity index (χ2n) is 19.3. The van der Waals surface area contributed by atoms with E-state index in [9.17, 15) is 9.59 Å². The summed E-state index contributed by atoms with van der Waals surface area (Å²) in [4.78, 5) is 26.3. The largest absolute Gasteiger partial charge is 0.465 e. The first-order chi connectivity index (χ1) is 24.7. The van der Waals surface area contributed by atoms with E-state index in [1.165, 1.54) is 44.1 Å². The van der Waals surface area contributed by atoms with Crippen LogP contribution in [0.5, 0.6) is 0 Å². The minimum absolute atomic E-state index is 0.0331. The highest BCUT2D eigenvalue weighted by Crippen LogP contribution is 2.77. The number of allylic oxidation sites excluding steroid dienone is 1. The van der Waals surface area contributed by atoms with Gasteiger partial charge in [-0.15, -0.1) is 0 Å². The number of ether oxygens (including phenoxy) is 2. The fourth-order valence-electron chi connectivity index (χ4n) is 13.8. The summed E-state index contributed by atoms with van der Waals surface area (Å²) >= 11 is 0. The highest BCUT2D eigenvalue weighted by atomic mass is 16.5. The molecule has 5 unspecified atom stereocenters. The van der Waals surface area contributed by atoms with Gasteiger partial charge in [-0.3, -0.25) is 9.59 Å². The van der Waals surface area contributed by atoms with E-state index in [1.807, 2.05) is 61.2 Å². The Hall–Kier alpha value is -3.02. The molecule has 5 aliphatic carbocycles. The molecule has 2 aromatic heterocycles. The number of aromatic nitrogens is 2. The predicted octanol–water partition coefficient (Wildman–Crippen LogP) is 8.85. The fraction of sp³-hybridized carbons (Fsp3) is 0.696. The molecule has 282 valence electrons. The van der Waals surface area contributed by atoms with Crippen LogP contribution in [0, 0.1) is 56.7 Å². The maximum Gasteiger partial charge on any atom is 0.312 e. The van der Waals surface area contributed by atoms with Crippen LogP contribution in [-0.2, 0) is 32.2 Å². The Bertz CT molecular complexity index is 1630. The molecule has 6 nitrogen and oxygen atoms in total. The molecule has 0 aliphatic heterocycles. The molecule has 0 saturated heterocycles. The maximum atomic E-state index is 13.2. The molecule has 0 amide bonds. The van der Waals surface area contributed by atoms with Gasteiger partial charge < -0.3 is 9.47 Å². The Labute approximate surface area is 313 Å². The van der Waals surface area contributed by atoms with E-state index in [2.05, 4.69) is 57.3 Å². The lowest BCUT2D eigenvalue weighted by Gasteiger charge is -2.73. The third kappa shape index (κ3) is 6.26. The highest BCUT2D eigenvalue weighted by Gasteiger charge is 2.71. The zero-order chi connectivity index (χ0) is 36.9. The van der Waals surface area contributed by atoms with Crippen molar-refractivity contribution in [2.75, 3.05) is 6.61 Å². The molecule has 5 aliphatic rings. The van der Waals surface area contributed by atoms with Crippen LogP contribution in [0.1, 0.15) is 119 Å². The van der Waals surface area contributed by atoms with Crippen LogP contribution in [0.15, 0.2) is 73.3 Å². The minimum atomic E-state index is -0.0718. The lowest BCUT2D eigenvalue weighted by Crippen LogP contribution is -2.67. The van der Waals surface area contributed by atoms with Crippen molar-refractivity contribution in [2.24, 2.45) is 56.7 Å². The zero-order valence-electron chi connectivity index (χ0n) is 33.1. The lowest BCUT2D eigenvalue weighted by atomic mass is 9.32. The molecule has 7 rings (SSSR count). The van der Waals surface area contributed by atoms with Crippen molar-refractivity contribution in [1.29, 1.82) is 0 Å². The van der Waals surface area contributed by atoms with Crippen molar-refractivity contribution in [3.05, 3.63) is 73.3 Å². The molecule has 10 atom stereocenters. The van der Waals surface area contributed by atoms with Crippen LogP contribution >= 0.6 is 0 Å². The third-order valence-corrected chi connectivity index (χ3v) is 16.7. The SMILES string of the molecule is C=C(C)C1CC[C@]2(COC(=O)CC[n+]3ccccc3)CC[C@]3(C)C(CCC4[C@@]5(C)CC[C@H](OC(=O)CC[n+]6ccccc6)C(C)(C)C5CC[C@]43C)C12. The van der Waals surface area contributed by atoms with Crippen molar-refractivity contribution >= 4 is 11.9 Å². The molecular formula is C46H66N2O4+2. The van der Waals surface area contributed by atoms with Crippen molar-refractivity contribution in [3.8, 4) is 0 Å². The van der Waals surface area contributed by atoms with E-state index >= 15 is 0 Å². The van der Waals surface area contributed by atoms with Crippen molar-refractivity contribution in [2.45, 2.75) is 138 Å². The van der Waals surface area contributed by atoms with Crippen LogP contribution < -0.4 is 9.13 Å². The van der Waals surface area contributed by atoms with Crippen LogP contribution in [0.2, 0.25) is 0 Å². The standard InChI is InChI=1S/C46H66N2O4/c1-33(2)34-16-23-46(32-51-39(49)19-30-47-26-10-8-11-27-47)25-24-44(6)35(41(34)46)14-15-37-43(5)21-18-38(42(3,4)36(43)17-22-45(37,44)7)52-40(50)20-31-48-28-12-9-13-29-48/h8-13,26-29,34-38,41H,1,14-25,30-32H2,2-7H3/q+2/t34?,35?,36?,37?,38-,41?,43-,44+,45+,46+/m0/s1. The van der Waals surface area contributed by atoms with E-state index in [0.29, 0.717) is 62.1 Å². The van der Waals surface area contributed by atoms with E-state index in [4.69, 9.17) is 9.47 Å². The number of hydrogen-bond acceptors (Lipinski definition) is 4. The molecule has 6 heteroatoms. The molecule has 5 fully saturated rings. The van der Waals surface area contributed by atoms with Gasteiger partial charge in [0.05, 0.1) is 6.61 Å². The van der Waals surface area contributed by atoms with Gasteiger partial charge in [0.1, 0.15) is 18.9 Å². The van der Waals surface area contributed by atoms with Gasteiger partial charge in [-0.2, -0.15) is 0 Å². The second-order valence-corrected chi connectivity index (χ2v) is 19.3. The lowest BCUT2D eigenvalue weighted by molar-refractivity contribution is -0.696. The smallest absolute Gasteiger partial charge is 0.312 e. The topological polar surface area (TPSA) is 60.4 Å². The fourth-order valence-corrected chi connectivity index (χ4v) is 13.8. The Kier molecular flexibility index (Phi) is 10.0. The van der Waals surface area contributed by atoms with Gasteiger partial charge in [0, 0.05) is 35.1 Å². The van der Waals surface area contributed by atoms with Gasteiger partial charge >= 0.3 is 11.9 Å². The molecule has 0 N–H and O–H groups in total. The number of hydrogen-bond donors (Lipinski definition) is 0. The summed E-state index contributed by atoms with van der Waals surface area (Å²) < 4.78 is 16.7. The van der Waals surface area contributed by atoms with Gasteiger partial charge in [0.2, 0.25) is 0 Å². The average Bonchev–Trinajstić information content (AvgIpc) is 3.52. The molecule has 0 spiro atoms. The summed E-state index contributed by atoms with van der Waals surface area (Å²) in [6, 6.07) is 12.0.